The fourth-order valence-electron chi connectivity index (χ4n) is 2.19. The number of hydrogen-bond acceptors (Lipinski definition) is 3. The molecule has 5 heteroatoms. The second-order valence-corrected chi connectivity index (χ2v) is 6.59. The van der Waals surface area contributed by atoms with E-state index in [4.69, 9.17) is 26.6 Å². The molecule has 1 aromatic rings. The molecule has 104 valence electrons. The predicted molar refractivity (Wildman–Crippen MR) is 79.2 cm³/mol. The Morgan fingerprint density at radius 3 is 2.16 bits per heavy atom. The minimum absolute atomic E-state index is 0.321. The van der Waals surface area contributed by atoms with Gasteiger partial charge in [0, 0.05) is 5.02 Å². The lowest BCUT2D eigenvalue weighted by molar-refractivity contribution is 0.00578. The molecule has 2 rings (SSSR count). The monoisotopic (exact) mass is 281 g/mol. The van der Waals surface area contributed by atoms with Crippen LogP contribution in [0.15, 0.2) is 18.2 Å². The van der Waals surface area contributed by atoms with Crippen LogP contribution in [0.25, 0.3) is 0 Å². The van der Waals surface area contributed by atoms with Gasteiger partial charge in [-0.3, -0.25) is 0 Å². The number of halogens is 1. The van der Waals surface area contributed by atoms with Crippen molar-refractivity contribution in [1.29, 1.82) is 0 Å². The molecule has 1 aromatic carbocycles. The Labute approximate surface area is 120 Å². The smallest absolute Gasteiger partial charge is 0.402 e. The van der Waals surface area contributed by atoms with Crippen LogP contribution in [0.3, 0.4) is 0 Å². The topological polar surface area (TPSA) is 44.5 Å². The van der Waals surface area contributed by atoms with Crippen molar-refractivity contribution in [2.75, 3.05) is 0 Å². The Hall–Kier alpha value is -0.545. The number of nitrogens with two attached hydrogens (primary N) is 1. The number of benzene rings is 1. The van der Waals surface area contributed by atoms with Gasteiger partial charge in [-0.05, 0) is 57.9 Å². The molecular formula is C14H21BClNO2. The Bertz CT molecular complexity index is 474. The first kappa shape index (κ1) is 14.9. The molecule has 19 heavy (non-hydrogen) atoms. The highest BCUT2D eigenvalue weighted by molar-refractivity contribution is 6.47. The highest BCUT2D eigenvalue weighted by Crippen LogP contribution is 2.40. The van der Waals surface area contributed by atoms with E-state index in [0.717, 1.165) is 11.1 Å². The zero-order valence-corrected chi connectivity index (χ0v) is 12.9. The maximum absolute atomic E-state index is 6.30. The minimum atomic E-state index is -0.440. The van der Waals surface area contributed by atoms with Gasteiger partial charge in [-0.25, -0.2) is 0 Å². The van der Waals surface area contributed by atoms with Gasteiger partial charge in [0.05, 0.1) is 17.1 Å². The fourth-order valence-corrected chi connectivity index (χ4v) is 2.42. The summed E-state index contributed by atoms with van der Waals surface area (Å²) < 4.78 is 12.0. The van der Waals surface area contributed by atoms with Gasteiger partial charge in [0.2, 0.25) is 0 Å². The van der Waals surface area contributed by atoms with Crippen LogP contribution in [0.2, 0.25) is 5.02 Å². The van der Waals surface area contributed by atoms with Crippen molar-refractivity contribution in [2.45, 2.75) is 51.8 Å². The van der Waals surface area contributed by atoms with Crippen LogP contribution in [0.5, 0.6) is 0 Å². The van der Waals surface area contributed by atoms with Crippen molar-refractivity contribution in [2.24, 2.45) is 5.73 Å². The third-order valence-electron chi connectivity index (χ3n) is 4.16. The molecule has 1 fully saturated rings. The number of rotatable bonds is 2. The van der Waals surface area contributed by atoms with Gasteiger partial charge in [-0.1, -0.05) is 17.7 Å². The van der Waals surface area contributed by atoms with E-state index in [1.165, 1.54) is 0 Å². The summed E-state index contributed by atoms with van der Waals surface area (Å²) in [5.74, 6) is -0.321. The second-order valence-electron chi connectivity index (χ2n) is 6.15. The van der Waals surface area contributed by atoms with Crippen molar-refractivity contribution in [3.8, 4) is 0 Å². The Balaban J connectivity index is 2.24. The maximum atomic E-state index is 6.30. The van der Waals surface area contributed by atoms with Gasteiger partial charge in [-0.15, -0.1) is 0 Å². The van der Waals surface area contributed by atoms with Gasteiger partial charge >= 0.3 is 7.12 Å². The summed E-state index contributed by atoms with van der Waals surface area (Å²) in [6.45, 7) is 10.1. The summed E-state index contributed by atoms with van der Waals surface area (Å²) in [5.41, 5.74) is 7.62. The third-order valence-corrected chi connectivity index (χ3v) is 4.39. The first-order chi connectivity index (χ1) is 8.64. The van der Waals surface area contributed by atoms with E-state index in [-0.39, 0.29) is 17.1 Å². The molecule has 1 saturated heterocycles. The van der Waals surface area contributed by atoms with Gasteiger partial charge in [0.15, 0.2) is 0 Å². The van der Waals surface area contributed by atoms with E-state index in [0.29, 0.717) is 5.02 Å². The molecule has 1 atom stereocenters. The van der Waals surface area contributed by atoms with E-state index in [9.17, 15) is 0 Å². The van der Waals surface area contributed by atoms with Crippen molar-refractivity contribution in [3.05, 3.63) is 34.3 Å². The lowest BCUT2D eigenvalue weighted by Gasteiger charge is -2.32. The molecule has 1 aliphatic heterocycles. The van der Waals surface area contributed by atoms with Crippen LogP contribution in [-0.2, 0) is 9.31 Å². The maximum Gasteiger partial charge on any atom is 0.480 e. The highest BCUT2D eigenvalue weighted by Gasteiger charge is 2.53. The van der Waals surface area contributed by atoms with Crippen molar-refractivity contribution in [1.82, 2.24) is 0 Å². The molecule has 3 nitrogen and oxygen atoms in total. The van der Waals surface area contributed by atoms with Crippen LogP contribution in [0.1, 0.15) is 44.8 Å². The lowest BCUT2D eigenvalue weighted by atomic mass is 9.73. The van der Waals surface area contributed by atoms with E-state index >= 15 is 0 Å². The Kier molecular flexibility index (Phi) is 3.73. The van der Waals surface area contributed by atoms with Crippen molar-refractivity contribution in [3.63, 3.8) is 0 Å². The van der Waals surface area contributed by atoms with Crippen LogP contribution < -0.4 is 5.73 Å². The SMILES string of the molecule is Cc1cc(Cl)ccc1[C@H](N)B1OC(C)(C)C(C)(C)O1. The van der Waals surface area contributed by atoms with Crippen molar-refractivity contribution >= 4 is 18.7 Å². The fraction of sp³-hybridized carbons (Fsp3) is 0.571. The molecule has 0 radical (unpaired) electrons. The zero-order chi connectivity index (χ0) is 14.4. The third kappa shape index (κ3) is 2.68. The first-order valence-corrected chi connectivity index (χ1v) is 6.89. The van der Waals surface area contributed by atoms with Crippen LogP contribution in [0.4, 0.5) is 0 Å². The largest absolute Gasteiger partial charge is 0.480 e. The molecule has 0 saturated carbocycles. The summed E-state index contributed by atoms with van der Waals surface area (Å²) in [4.78, 5) is 0. The van der Waals surface area contributed by atoms with Gasteiger partial charge in [-0.2, -0.15) is 0 Å². The van der Waals surface area contributed by atoms with Gasteiger partial charge in [0.1, 0.15) is 0 Å². The van der Waals surface area contributed by atoms with E-state index < -0.39 is 7.12 Å². The van der Waals surface area contributed by atoms with E-state index in [1.54, 1.807) is 0 Å². The zero-order valence-electron chi connectivity index (χ0n) is 12.2. The summed E-state index contributed by atoms with van der Waals surface area (Å²) in [7, 11) is -0.440. The summed E-state index contributed by atoms with van der Waals surface area (Å²) in [6, 6.07) is 5.68. The summed E-state index contributed by atoms with van der Waals surface area (Å²) >= 11 is 5.97. The summed E-state index contributed by atoms with van der Waals surface area (Å²) in [6.07, 6.45) is 0. The molecule has 1 heterocycles. The summed E-state index contributed by atoms with van der Waals surface area (Å²) in [5, 5.41) is 0.711. The molecule has 0 unspecified atom stereocenters. The van der Waals surface area contributed by atoms with Crippen molar-refractivity contribution < 1.29 is 9.31 Å². The average molecular weight is 282 g/mol. The first-order valence-electron chi connectivity index (χ1n) is 6.51. The number of hydrogen-bond donors (Lipinski definition) is 1. The lowest BCUT2D eigenvalue weighted by Crippen LogP contribution is -2.41. The molecule has 0 amide bonds. The van der Waals surface area contributed by atoms with Crippen LogP contribution >= 0.6 is 11.6 Å². The molecule has 0 aliphatic carbocycles. The number of aryl methyl sites for hydroxylation is 1. The molecule has 2 N–H and O–H groups in total. The van der Waals surface area contributed by atoms with Crippen LogP contribution in [-0.4, -0.2) is 18.3 Å². The van der Waals surface area contributed by atoms with Gasteiger partial charge in [0.25, 0.3) is 0 Å². The predicted octanol–water partition coefficient (Wildman–Crippen LogP) is 3.28. The van der Waals surface area contributed by atoms with Crippen LogP contribution in [0, 0.1) is 6.92 Å². The molecule has 0 bridgehead atoms. The molecule has 0 spiro atoms. The highest BCUT2D eigenvalue weighted by atomic mass is 35.5. The Morgan fingerprint density at radius 1 is 1.16 bits per heavy atom. The minimum Gasteiger partial charge on any atom is -0.402 e. The quantitative estimate of drug-likeness (QED) is 0.846. The molecule has 1 aliphatic rings. The molecule has 0 aromatic heterocycles. The van der Waals surface area contributed by atoms with E-state index in [2.05, 4.69) is 0 Å². The normalized spacial score (nSPS) is 22.6. The standard InChI is InChI=1S/C14H21BClNO2/c1-9-8-10(16)6-7-11(9)12(17)15-18-13(2,3)14(4,5)19-15/h6-8,12H,17H2,1-5H3/t12-/m0/s1. The second kappa shape index (κ2) is 4.78. The molecular weight excluding hydrogens is 260 g/mol. The van der Waals surface area contributed by atoms with Gasteiger partial charge < -0.3 is 15.0 Å². The average Bonchev–Trinajstić information content (AvgIpc) is 2.47. The van der Waals surface area contributed by atoms with E-state index in [1.807, 2.05) is 52.8 Å². The Morgan fingerprint density at radius 2 is 1.68 bits per heavy atom.